The predicted molar refractivity (Wildman–Crippen MR) is 55.0 cm³/mol. The Kier molecular flexibility index (Phi) is 4.07. The van der Waals surface area contributed by atoms with Gasteiger partial charge in [-0.15, -0.1) is 23.5 Å². The van der Waals surface area contributed by atoms with Gasteiger partial charge in [0.25, 0.3) is 0 Å². The van der Waals surface area contributed by atoms with Crippen molar-refractivity contribution in [3.63, 3.8) is 0 Å². The van der Waals surface area contributed by atoms with Crippen molar-refractivity contribution in [1.29, 1.82) is 0 Å². The molecule has 1 aliphatic rings. The second-order valence-electron chi connectivity index (χ2n) is 1.84. The summed E-state index contributed by atoms with van der Waals surface area (Å²) in [7, 11) is 0. The fourth-order valence-electron chi connectivity index (χ4n) is 0.513. The molecule has 54 valence electrons. The first-order valence-electron chi connectivity index (χ1n) is 2.77. The van der Waals surface area contributed by atoms with Crippen LogP contribution in [0.4, 0.5) is 0 Å². The molecule has 1 unspecified atom stereocenters. The minimum absolute atomic E-state index is 0.496. The Balaban J connectivity index is 2.01. The molecule has 0 N–H and O–H groups in total. The van der Waals surface area contributed by atoms with Crippen molar-refractivity contribution < 1.29 is 0 Å². The van der Waals surface area contributed by atoms with Gasteiger partial charge in [-0.05, 0) is 6.26 Å². The van der Waals surface area contributed by atoms with Gasteiger partial charge in [0.05, 0.1) is 3.91 Å². The van der Waals surface area contributed by atoms with Gasteiger partial charge in [-0.2, -0.15) is 24.4 Å². The van der Waals surface area contributed by atoms with E-state index in [1.54, 1.807) is 0 Å². The van der Waals surface area contributed by atoms with Crippen LogP contribution in [-0.2, 0) is 0 Å². The first kappa shape index (κ1) is 8.50. The Morgan fingerprint density at radius 1 is 1.67 bits per heavy atom. The average Bonchev–Trinajstić information content (AvgIpc) is 1.78. The number of hydrogen-bond acceptors (Lipinski definition) is 4. The van der Waals surface area contributed by atoms with Gasteiger partial charge in [0.1, 0.15) is 0 Å². The third-order valence-corrected chi connectivity index (χ3v) is 6.08. The van der Waals surface area contributed by atoms with Crippen LogP contribution in [0.1, 0.15) is 0 Å². The summed E-state index contributed by atoms with van der Waals surface area (Å²) in [4.78, 5) is 0. The Bertz CT molecular complexity index is 78.3. The molecule has 0 amide bonds. The summed E-state index contributed by atoms with van der Waals surface area (Å²) in [5.41, 5.74) is 0. The number of thioether (sulfide) groups is 3. The fourth-order valence-corrected chi connectivity index (χ4v) is 3.91. The summed E-state index contributed by atoms with van der Waals surface area (Å²) >= 11 is 10.2. The van der Waals surface area contributed by atoms with Crippen LogP contribution in [0.5, 0.6) is 0 Å². The van der Waals surface area contributed by atoms with Crippen molar-refractivity contribution in [3.8, 4) is 0 Å². The van der Waals surface area contributed by atoms with Crippen molar-refractivity contribution in [2.75, 3.05) is 17.8 Å². The maximum absolute atomic E-state index is 4.37. The van der Waals surface area contributed by atoms with Crippen molar-refractivity contribution in [2.45, 2.75) is 9.16 Å². The molecule has 9 heavy (non-hydrogen) atoms. The highest BCUT2D eigenvalue weighted by atomic mass is 32.3. The molecule has 0 radical (unpaired) electrons. The van der Waals surface area contributed by atoms with E-state index in [4.69, 9.17) is 0 Å². The lowest BCUT2D eigenvalue weighted by molar-refractivity contribution is 1.09. The Morgan fingerprint density at radius 2 is 2.33 bits per heavy atom. The average molecular weight is 198 g/mol. The van der Waals surface area contributed by atoms with Crippen LogP contribution in [0.25, 0.3) is 0 Å². The van der Waals surface area contributed by atoms with E-state index >= 15 is 0 Å². The second-order valence-corrected chi connectivity index (χ2v) is 6.78. The fraction of sp³-hybridized carbons (Fsp3) is 1.00. The van der Waals surface area contributed by atoms with Crippen LogP contribution in [-0.4, -0.2) is 26.9 Å². The molecule has 1 heterocycles. The van der Waals surface area contributed by atoms with Gasteiger partial charge in [0, 0.05) is 16.8 Å². The van der Waals surface area contributed by atoms with Gasteiger partial charge in [-0.1, -0.05) is 0 Å². The van der Waals surface area contributed by atoms with E-state index in [0.29, 0.717) is 3.91 Å². The van der Waals surface area contributed by atoms with Crippen molar-refractivity contribution in [1.82, 2.24) is 0 Å². The summed E-state index contributed by atoms with van der Waals surface area (Å²) in [6.07, 6.45) is 2.11. The van der Waals surface area contributed by atoms with Crippen molar-refractivity contribution in [3.05, 3.63) is 0 Å². The highest BCUT2D eigenvalue weighted by molar-refractivity contribution is 8.28. The lowest BCUT2D eigenvalue weighted by atomic mass is 10.5. The van der Waals surface area contributed by atoms with Gasteiger partial charge in [-0.25, -0.2) is 0 Å². The zero-order valence-electron chi connectivity index (χ0n) is 5.24. The summed E-state index contributed by atoms with van der Waals surface area (Å²) in [6, 6.07) is 0. The normalized spacial score (nSPS) is 23.3. The number of thiol groups is 1. The quantitative estimate of drug-likeness (QED) is 0.547. The highest BCUT2D eigenvalue weighted by Crippen LogP contribution is 2.36. The molecule has 0 spiro atoms. The summed E-state index contributed by atoms with van der Waals surface area (Å²) < 4.78 is 0.496. The van der Waals surface area contributed by atoms with Gasteiger partial charge < -0.3 is 0 Å². The Hall–Kier alpha value is 1.40. The van der Waals surface area contributed by atoms with E-state index < -0.39 is 0 Å². The molecule has 0 nitrogen and oxygen atoms in total. The van der Waals surface area contributed by atoms with Crippen LogP contribution < -0.4 is 0 Å². The highest BCUT2D eigenvalue weighted by Gasteiger charge is 2.20. The van der Waals surface area contributed by atoms with E-state index in [0.717, 1.165) is 5.25 Å². The lowest BCUT2D eigenvalue weighted by Gasteiger charge is -2.25. The standard InChI is InChI=1S/C5H10S4/c1-7-5(6)9-4-2-8-3-4/h4-6H,2-3H2,1H3. The molecule has 0 bridgehead atoms. The van der Waals surface area contributed by atoms with Crippen molar-refractivity contribution >= 4 is 47.9 Å². The van der Waals surface area contributed by atoms with E-state index in [9.17, 15) is 0 Å². The molecule has 0 aromatic carbocycles. The zero-order valence-corrected chi connectivity index (χ0v) is 8.58. The second kappa shape index (κ2) is 4.31. The molecular formula is C5H10S4. The van der Waals surface area contributed by atoms with Gasteiger partial charge in [-0.3, -0.25) is 0 Å². The maximum atomic E-state index is 4.37. The molecule has 1 saturated heterocycles. The van der Waals surface area contributed by atoms with Gasteiger partial charge >= 0.3 is 0 Å². The first-order chi connectivity index (χ1) is 4.33. The van der Waals surface area contributed by atoms with E-state index in [-0.39, 0.29) is 0 Å². The van der Waals surface area contributed by atoms with Crippen LogP contribution in [0.2, 0.25) is 0 Å². The van der Waals surface area contributed by atoms with Crippen LogP contribution >= 0.6 is 47.9 Å². The SMILES string of the molecule is CSC(S)SC1CSC1. The molecule has 4 heteroatoms. The maximum Gasteiger partial charge on any atom is 0.0928 e. The summed E-state index contributed by atoms with van der Waals surface area (Å²) in [6.45, 7) is 0. The zero-order chi connectivity index (χ0) is 6.69. The summed E-state index contributed by atoms with van der Waals surface area (Å²) in [5.74, 6) is 2.67. The van der Waals surface area contributed by atoms with Gasteiger partial charge in [0.2, 0.25) is 0 Å². The van der Waals surface area contributed by atoms with E-state index in [1.165, 1.54) is 11.5 Å². The van der Waals surface area contributed by atoms with Crippen LogP contribution in [0.3, 0.4) is 0 Å². The summed E-state index contributed by atoms with van der Waals surface area (Å²) in [5, 5.41) is 0.893. The monoisotopic (exact) mass is 198 g/mol. The van der Waals surface area contributed by atoms with E-state index in [1.807, 2.05) is 35.3 Å². The molecular weight excluding hydrogens is 188 g/mol. The largest absolute Gasteiger partial charge is 0.160 e. The lowest BCUT2D eigenvalue weighted by Crippen LogP contribution is -2.21. The molecule has 1 fully saturated rings. The molecule has 1 aliphatic heterocycles. The van der Waals surface area contributed by atoms with Gasteiger partial charge in [0.15, 0.2) is 0 Å². The molecule has 1 rings (SSSR count). The Labute approximate surface area is 74.7 Å². The molecule has 1 atom stereocenters. The topological polar surface area (TPSA) is 0 Å². The molecule has 0 aliphatic carbocycles. The third kappa shape index (κ3) is 2.87. The van der Waals surface area contributed by atoms with Crippen LogP contribution in [0, 0.1) is 0 Å². The molecule has 0 aromatic heterocycles. The predicted octanol–water partition coefficient (Wildman–Crippen LogP) is 2.41. The number of rotatable bonds is 3. The minimum Gasteiger partial charge on any atom is -0.160 e. The third-order valence-electron chi connectivity index (χ3n) is 1.12. The minimum atomic E-state index is 0.496. The molecule has 0 saturated carbocycles. The van der Waals surface area contributed by atoms with Crippen LogP contribution in [0.15, 0.2) is 0 Å². The van der Waals surface area contributed by atoms with E-state index in [2.05, 4.69) is 18.9 Å². The number of hydrogen-bond donors (Lipinski definition) is 1. The first-order valence-corrected chi connectivity index (χ1v) is 6.67. The molecule has 0 aromatic rings. The Morgan fingerprint density at radius 3 is 2.67 bits per heavy atom. The smallest absolute Gasteiger partial charge is 0.0928 e. The van der Waals surface area contributed by atoms with Crippen molar-refractivity contribution in [2.24, 2.45) is 0 Å².